The van der Waals surface area contributed by atoms with Gasteiger partial charge in [-0.1, -0.05) is 25.3 Å². The van der Waals surface area contributed by atoms with Crippen molar-refractivity contribution < 1.29 is 18.7 Å². The van der Waals surface area contributed by atoms with Crippen molar-refractivity contribution >= 4 is 12.1 Å². The Kier molecular flexibility index (Phi) is 6.34. The van der Waals surface area contributed by atoms with Crippen LogP contribution >= 0.6 is 0 Å². The third-order valence-corrected chi connectivity index (χ3v) is 4.71. The van der Waals surface area contributed by atoms with Crippen LogP contribution in [-0.2, 0) is 4.74 Å². The molecule has 2 rings (SSSR count). The molecule has 2 heterocycles. The zero-order chi connectivity index (χ0) is 20.2. The highest BCUT2D eigenvalue weighted by Gasteiger charge is 2.42. The van der Waals surface area contributed by atoms with E-state index in [4.69, 9.17) is 4.74 Å². The van der Waals surface area contributed by atoms with Crippen molar-refractivity contribution in [2.24, 2.45) is 0 Å². The second-order valence-electron chi connectivity index (χ2n) is 8.09. The third kappa shape index (κ3) is 5.58. The van der Waals surface area contributed by atoms with Crippen molar-refractivity contribution in [2.45, 2.75) is 44.9 Å². The van der Waals surface area contributed by atoms with Crippen LogP contribution in [0, 0.1) is 0 Å². The summed E-state index contributed by atoms with van der Waals surface area (Å²) in [5, 5.41) is 2.47. The third-order valence-electron chi connectivity index (χ3n) is 4.71. The van der Waals surface area contributed by atoms with Crippen molar-refractivity contribution in [2.75, 3.05) is 32.7 Å². The van der Waals surface area contributed by atoms with Gasteiger partial charge in [0.1, 0.15) is 11.3 Å². The molecule has 27 heavy (non-hydrogen) atoms. The number of urea groups is 1. The lowest BCUT2D eigenvalue weighted by molar-refractivity contribution is 0.0481. The second-order valence-corrected chi connectivity index (χ2v) is 8.09. The minimum Gasteiger partial charge on any atom is -0.444 e. The monoisotopic (exact) mass is 379 g/mol. The average Bonchev–Trinajstić information content (AvgIpc) is 3.00. The van der Waals surface area contributed by atoms with Gasteiger partial charge in [-0.15, -0.1) is 0 Å². The highest BCUT2D eigenvalue weighted by Crippen LogP contribution is 2.28. The summed E-state index contributed by atoms with van der Waals surface area (Å²) in [6.07, 6.45) is 3.78. The molecular formula is C20H30FN3O3. The number of alkyl carbamates (subject to hydrolysis) is 1. The van der Waals surface area contributed by atoms with Gasteiger partial charge in [-0.2, -0.15) is 0 Å². The number of hydrogen-bond acceptors (Lipinski definition) is 3. The van der Waals surface area contributed by atoms with Gasteiger partial charge in [-0.25, -0.2) is 14.0 Å². The fraction of sp³-hybridized carbons (Fsp3) is 0.600. The van der Waals surface area contributed by atoms with Gasteiger partial charge in [0.05, 0.1) is 13.1 Å². The summed E-state index contributed by atoms with van der Waals surface area (Å²) >= 11 is 0. The number of rotatable bonds is 4. The van der Waals surface area contributed by atoms with Crippen LogP contribution in [0.4, 0.5) is 14.0 Å². The molecule has 0 aromatic carbocycles. The molecule has 0 aromatic rings. The molecule has 0 bridgehead atoms. The highest BCUT2D eigenvalue weighted by molar-refractivity contribution is 5.76. The van der Waals surface area contributed by atoms with E-state index in [9.17, 15) is 9.59 Å². The van der Waals surface area contributed by atoms with Crippen molar-refractivity contribution in [1.82, 2.24) is 15.1 Å². The van der Waals surface area contributed by atoms with Gasteiger partial charge in [0.2, 0.25) is 0 Å². The van der Waals surface area contributed by atoms with Crippen molar-refractivity contribution in [3.05, 3.63) is 36.5 Å². The molecule has 1 fully saturated rings. The Bertz CT molecular complexity index is 653. The highest BCUT2D eigenvalue weighted by atomic mass is 19.1. The molecule has 0 spiro atoms. The number of ether oxygens (including phenoxy) is 1. The van der Waals surface area contributed by atoms with Crippen LogP contribution in [0.1, 0.15) is 33.6 Å². The molecule has 6 nitrogen and oxygen atoms in total. The van der Waals surface area contributed by atoms with E-state index in [1.165, 1.54) is 4.90 Å². The number of likely N-dealkylation sites (tertiary alicyclic amines) is 1. The van der Waals surface area contributed by atoms with Crippen molar-refractivity contribution in [3.8, 4) is 0 Å². The zero-order valence-corrected chi connectivity index (χ0v) is 16.5. The summed E-state index contributed by atoms with van der Waals surface area (Å²) in [4.78, 5) is 27.7. The van der Waals surface area contributed by atoms with E-state index < -0.39 is 17.4 Å². The van der Waals surface area contributed by atoms with Gasteiger partial charge in [0.25, 0.3) is 0 Å². The smallest absolute Gasteiger partial charge is 0.407 e. The topological polar surface area (TPSA) is 61.9 Å². The fourth-order valence-corrected chi connectivity index (χ4v) is 3.28. The Balaban J connectivity index is 1.90. The summed E-state index contributed by atoms with van der Waals surface area (Å²) in [5.74, 6) is 0. The van der Waals surface area contributed by atoms with Gasteiger partial charge in [0, 0.05) is 26.1 Å². The predicted molar refractivity (Wildman–Crippen MR) is 103 cm³/mol. The van der Waals surface area contributed by atoms with Crippen LogP contribution < -0.4 is 5.32 Å². The molecule has 0 saturated carbocycles. The first kappa shape index (κ1) is 21.0. The minimum absolute atomic E-state index is 0.0421. The van der Waals surface area contributed by atoms with E-state index in [0.29, 0.717) is 26.1 Å². The summed E-state index contributed by atoms with van der Waals surface area (Å²) < 4.78 is 20.2. The number of amides is 3. The molecule has 2 aliphatic rings. The number of carbonyl (C=O) groups excluding carboxylic acids is 2. The van der Waals surface area contributed by atoms with Crippen LogP contribution in [0.2, 0.25) is 0 Å². The van der Waals surface area contributed by atoms with Gasteiger partial charge < -0.3 is 19.9 Å². The van der Waals surface area contributed by atoms with E-state index in [1.807, 2.05) is 0 Å². The van der Waals surface area contributed by atoms with Gasteiger partial charge >= 0.3 is 12.1 Å². The first-order valence-electron chi connectivity index (χ1n) is 9.23. The van der Waals surface area contributed by atoms with Crippen LogP contribution in [0.5, 0.6) is 0 Å². The predicted octanol–water partition coefficient (Wildman–Crippen LogP) is 3.42. The molecule has 1 atom stereocenters. The number of nitrogens with zero attached hydrogens (tertiary/aromatic N) is 2. The maximum absolute atomic E-state index is 15.0. The Labute approximate surface area is 160 Å². The first-order chi connectivity index (χ1) is 12.6. The SMILES string of the molecule is C=CC1=C(C=C)CN(C(=O)N2CCC(F)(CNC(=O)OC(C)(C)C)C2)CC1. The average molecular weight is 379 g/mol. The van der Waals surface area contributed by atoms with Gasteiger partial charge in [0.15, 0.2) is 0 Å². The van der Waals surface area contributed by atoms with Gasteiger partial charge in [-0.05, 0) is 38.3 Å². The quantitative estimate of drug-likeness (QED) is 0.814. The zero-order valence-electron chi connectivity index (χ0n) is 16.5. The summed E-state index contributed by atoms with van der Waals surface area (Å²) in [5.41, 5.74) is -0.218. The van der Waals surface area contributed by atoms with Crippen LogP contribution in [0.3, 0.4) is 0 Å². The van der Waals surface area contributed by atoms with Crippen molar-refractivity contribution in [3.63, 3.8) is 0 Å². The van der Waals surface area contributed by atoms with Gasteiger partial charge in [-0.3, -0.25) is 0 Å². The summed E-state index contributed by atoms with van der Waals surface area (Å²) in [6, 6.07) is -0.186. The first-order valence-corrected chi connectivity index (χ1v) is 9.23. The van der Waals surface area contributed by atoms with Crippen molar-refractivity contribution in [1.29, 1.82) is 0 Å². The number of allylic oxidation sites excluding steroid dienone is 1. The Morgan fingerprint density at radius 3 is 2.48 bits per heavy atom. The Morgan fingerprint density at radius 1 is 1.22 bits per heavy atom. The number of carbonyl (C=O) groups is 2. The molecule has 0 aliphatic carbocycles. The number of halogens is 1. The van der Waals surface area contributed by atoms with E-state index >= 15 is 4.39 Å². The largest absolute Gasteiger partial charge is 0.444 e. The molecule has 0 aromatic heterocycles. The normalized spacial score (nSPS) is 23.3. The lowest BCUT2D eigenvalue weighted by Crippen LogP contribution is -2.48. The summed E-state index contributed by atoms with van der Waals surface area (Å²) in [7, 11) is 0. The van der Waals surface area contributed by atoms with E-state index in [-0.39, 0.29) is 25.5 Å². The molecule has 0 radical (unpaired) electrons. The van der Waals surface area contributed by atoms with E-state index in [2.05, 4.69) is 18.5 Å². The molecule has 1 saturated heterocycles. The summed E-state index contributed by atoms with van der Waals surface area (Å²) in [6.45, 7) is 14.0. The van der Waals surface area contributed by atoms with Crippen LogP contribution in [0.25, 0.3) is 0 Å². The molecule has 1 N–H and O–H groups in total. The van der Waals surface area contributed by atoms with E-state index in [1.54, 1.807) is 37.8 Å². The molecule has 1 unspecified atom stereocenters. The standard InChI is InChI=1S/C20H30FN3O3/c1-6-15-8-10-23(12-16(15)7-2)18(26)24-11-9-20(21,14-24)13-22-17(25)27-19(3,4)5/h6-7H,1-2,8-14H2,3-5H3,(H,22,25). The molecule has 7 heteroatoms. The van der Waals surface area contributed by atoms with E-state index in [0.717, 1.165) is 11.1 Å². The second kappa shape index (κ2) is 8.15. The molecule has 150 valence electrons. The van der Waals surface area contributed by atoms with Crippen LogP contribution in [-0.4, -0.2) is 65.9 Å². The fourth-order valence-electron chi connectivity index (χ4n) is 3.28. The minimum atomic E-state index is -1.65. The molecular weight excluding hydrogens is 349 g/mol. The molecule has 2 aliphatic heterocycles. The Morgan fingerprint density at radius 2 is 1.89 bits per heavy atom. The lowest BCUT2D eigenvalue weighted by atomic mass is 10.0. The Hall–Kier alpha value is -2.31. The number of nitrogens with one attached hydrogen (secondary N) is 1. The maximum atomic E-state index is 15.0. The lowest BCUT2D eigenvalue weighted by Gasteiger charge is -2.32. The maximum Gasteiger partial charge on any atom is 0.407 e. The number of hydrogen-bond donors (Lipinski definition) is 1. The van der Waals surface area contributed by atoms with Crippen LogP contribution in [0.15, 0.2) is 36.5 Å². The molecule has 3 amide bonds. The number of alkyl halides is 1.